The van der Waals surface area contributed by atoms with Crippen LogP contribution in [0, 0.1) is 0 Å². The number of hydrogen-bond donors (Lipinski definition) is 2. The predicted octanol–water partition coefficient (Wildman–Crippen LogP) is -0.387. The van der Waals surface area contributed by atoms with Gasteiger partial charge in [0.25, 0.3) is 0 Å². The van der Waals surface area contributed by atoms with Crippen molar-refractivity contribution in [3.63, 3.8) is 0 Å². The Morgan fingerprint density at radius 3 is 2.50 bits per heavy atom. The zero-order chi connectivity index (χ0) is 8.69. The molecule has 5 heteroatoms. The van der Waals surface area contributed by atoms with Crippen LogP contribution in [-0.2, 0) is 31.9 Å². The van der Waals surface area contributed by atoms with Gasteiger partial charge in [0, 0.05) is 22.4 Å². The minimum atomic E-state index is -0.480. The van der Waals surface area contributed by atoms with Crippen molar-refractivity contribution in [1.29, 1.82) is 0 Å². The number of ether oxygens (including phenoxy) is 1. The number of nitrogens with two attached hydrogens (primary N) is 2. The Kier molecular flexibility index (Phi) is 11.3. The van der Waals surface area contributed by atoms with Crippen molar-refractivity contribution in [2.45, 2.75) is 25.3 Å². The van der Waals surface area contributed by atoms with E-state index in [2.05, 4.69) is 4.74 Å². The Hall–Kier alpha value is 0.130. The largest absolute Gasteiger partial charge is 0.468 e. The summed E-state index contributed by atoms with van der Waals surface area (Å²) in [7, 11) is 1.34. The number of esters is 1. The molecule has 0 aromatic carbocycles. The number of carbonyl (C=O) groups is 1. The summed E-state index contributed by atoms with van der Waals surface area (Å²) in [6.07, 6.45) is 2.45. The first-order valence-electron chi connectivity index (χ1n) is 3.76. The van der Waals surface area contributed by atoms with Crippen LogP contribution in [0.2, 0.25) is 0 Å². The van der Waals surface area contributed by atoms with Gasteiger partial charge in [-0.15, -0.1) is 0 Å². The zero-order valence-corrected chi connectivity index (χ0v) is 9.34. The molecule has 0 spiro atoms. The molecule has 0 fully saturated rings. The maximum absolute atomic E-state index is 10.7. The van der Waals surface area contributed by atoms with Gasteiger partial charge in [0.05, 0.1) is 7.11 Å². The first-order chi connectivity index (χ1) is 5.22. The summed E-state index contributed by atoms with van der Waals surface area (Å²) in [5.41, 5.74) is 10.7. The molecule has 4 nitrogen and oxygen atoms in total. The number of hydrogen-bond acceptors (Lipinski definition) is 4. The number of rotatable bonds is 5. The molecule has 0 aromatic rings. The molecule has 0 unspecified atom stereocenters. The zero-order valence-electron chi connectivity index (χ0n) is 7.18. The summed E-state index contributed by atoms with van der Waals surface area (Å²) in [5, 5.41) is 0. The van der Waals surface area contributed by atoms with Crippen LogP contribution in [0.3, 0.4) is 0 Å². The van der Waals surface area contributed by atoms with Crippen molar-refractivity contribution >= 4 is 5.97 Å². The second-order valence-electron chi connectivity index (χ2n) is 2.41. The topological polar surface area (TPSA) is 78.3 Å². The number of unbranched alkanes of at least 4 members (excludes halogenated alkanes) is 1. The number of carbonyl (C=O) groups excluding carboxylic acids is 1. The quantitative estimate of drug-likeness (QED) is 0.399. The van der Waals surface area contributed by atoms with Gasteiger partial charge in [-0.05, 0) is 19.4 Å². The summed E-state index contributed by atoms with van der Waals surface area (Å²) in [6, 6.07) is -0.480. The third kappa shape index (κ3) is 6.82. The number of methoxy groups -OCH3 is 1. The van der Waals surface area contributed by atoms with Gasteiger partial charge in [-0.1, -0.05) is 6.42 Å². The molecule has 0 aliphatic rings. The molecular formula is C7H16AuN2O2. The van der Waals surface area contributed by atoms with Crippen molar-refractivity contribution in [3.05, 3.63) is 0 Å². The van der Waals surface area contributed by atoms with Crippen molar-refractivity contribution in [1.82, 2.24) is 0 Å². The first-order valence-corrected chi connectivity index (χ1v) is 3.76. The molecular weight excluding hydrogens is 341 g/mol. The van der Waals surface area contributed by atoms with Crippen LogP contribution >= 0.6 is 0 Å². The molecule has 0 saturated carbocycles. The van der Waals surface area contributed by atoms with Crippen LogP contribution in [0.1, 0.15) is 19.3 Å². The fraction of sp³-hybridized carbons (Fsp3) is 0.857. The average molecular weight is 357 g/mol. The monoisotopic (exact) mass is 357 g/mol. The molecule has 12 heavy (non-hydrogen) atoms. The molecule has 0 aliphatic carbocycles. The van der Waals surface area contributed by atoms with E-state index >= 15 is 0 Å². The molecule has 0 saturated heterocycles. The molecule has 0 bridgehead atoms. The average Bonchev–Trinajstić information content (AvgIpc) is 2.03. The van der Waals surface area contributed by atoms with Crippen LogP contribution in [0.15, 0.2) is 0 Å². The molecule has 0 rings (SSSR count). The van der Waals surface area contributed by atoms with E-state index in [1.165, 1.54) is 7.11 Å². The van der Waals surface area contributed by atoms with Gasteiger partial charge in [0.2, 0.25) is 0 Å². The van der Waals surface area contributed by atoms with Crippen LogP contribution in [0.25, 0.3) is 0 Å². The Morgan fingerprint density at radius 1 is 1.50 bits per heavy atom. The van der Waals surface area contributed by atoms with Gasteiger partial charge >= 0.3 is 5.97 Å². The Balaban J connectivity index is 0. The van der Waals surface area contributed by atoms with E-state index in [0.717, 1.165) is 12.8 Å². The second-order valence-corrected chi connectivity index (χ2v) is 2.41. The first kappa shape index (κ1) is 14.6. The van der Waals surface area contributed by atoms with Gasteiger partial charge in [-0.2, -0.15) is 0 Å². The van der Waals surface area contributed by atoms with Crippen LogP contribution < -0.4 is 11.5 Å². The van der Waals surface area contributed by atoms with Crippen molar-refractivity contribution < 1.29 is 31.9 Å². The van der Waals surface area contributed by atoms with Gasteiger partial charge < -0.3 is 16.2 Å². The van der Waals surface area contributed by atoms with E-state index in [1.54, 1.807) is 0 Å². The SMILES string of the molecule is COC(=O)[C@@H](N)CCCCN.[Au]. The predicted molar refractivity (Wildman–Crippen MR) is 42.9 cm³/mol. The molecule has 0 heterocycles. The van der Waals surface area contributed by atoms with Crippen molar-refractivity contribution in [2.24, 2.45) is 11.5 Å². The molecule has 0 aliphatic heterocycles. The second kappa shape index (κ2) is 9.22. The third-order valence-corrected chi connectivity index (χ3v) is 1.47. The van der Waals surface area contributed by atoms with Crippen molar-refractivity contribution in [3.8, 4) is 0 Å². The van der Waals surface area contributed by atoms with Crippen molar-refractivity contribution in [2.75, 3.05) is 13.7 Å². The van der Waals surface area contributed by atoms with Gasteiger partial charge in [0.15, 0.2) is 0 Å². The van der Waals surface area contributed by atoms with Crippen LogP contribution in [0.4, 0.5) is 0 Å². The fourth-order valence-electron chi connectivity index (χ4n) is 0.778. The molecule has 77 valence electrons. The smallest absolute Gasteiger partial charge is 0.322 e. The summed E-state index contributed by atoms with van der Waals surface area (Å²) >= 11 is 0. The normalized spacial score (nSPS) is 11.6. The minimum Gasteiger partial charge on any atom is -0.468 e. The Labute approximate surface area is 88.5 Å². The molecule has 0 amide bonds. The summed E-state index contributed by atoms with van der Waals surface area (Å²) < 4.78 is 4.45. The Bertz CT molecular complexity index is 122. The van der Waals surface area contributed by atoms with E-state index in [4.69, 9.17) is 11.5 Å². The minimum absolute atomic E-state index is 0. The molecule has 4 N–H and O–H groups in total. The van der Waals surface area contributed by atoms with E-state index in [-0.39, 0.29) is 28.3 Å². The molecule has 1 atom stereocenters. The van der Waals surface area contributed by atoms with Crippen LogP contribution in [-0.4, -0.2) is 25.7 Å². The van der Waals surface area contributed by atoms with E-state index in [0.29, 0.717) is 13.0 Å². The summed E-state index contributed by atoms with van der Waals surface area (Å²) in [4.78, 5) is 10.7. The van der Waals surface area contributed by atoms with Gasteiger partial charge in [-0.25, -0.2) is 0 Å². The van der Waals surface area contributed by atoms with E-state index in [9.17, 15) is 4.79 Å². The van der Waals surface area contributed by atoms with E-state index in [1.807, 2.05) is 0 Å². The summed E-state index contributed by atoms with van der Waals surface area (Å²) in [6.45, 7) is 0.647. The van der Waals surface area contributed by atoms with Crippen LogP contribution in [0.5, 0.6) is 0 Å². The fourth-order valence-corrected chi connectivity index (χ4v) is 0.778. The summed E-state index contributed by atoms with van der Waals surface area (Å²) in [5.74, 6) is -0.345. The maximum atomic E-state index is 10.7. The molecule has 0 aromatic heterocycles. The molecule has 1 radical (unpaired) electrons. The maximum Gasteiger partial charge on any atom is 0.322 e. The standard InChI is InChI=1S/C7H16N2O2.Au/c1-11-7(10)6(9)4-2-3-5-8;/h6H,2-5,8-9H2,1H3;/t6-;/m0./s1. The van der Waals surface area contributed by atoms with Gasteiger partial charge in [-0.3, -0.25) is 4.79 Å². The van der Waals surface area contributed by atoms with E-state index < -0.39 is 6.04 Å². The third-order valence-electron chi connectivity index (χ3n) is 1.47. The van der Waals surface area contributed by atoms with Gasteiger partial charge in [0.1, 0.15) is 6.04 Å². The Morgan fingerprint density at radius 2 is 2.08 bits per heavy atom.